The standard InChI is InChI=1S/C20H27N3O3S/c1-3-4-9-21-20(25)17-13-19(24)22-18-6-5-15(12-16(17)18)27(26)23-10-7-14(2)8-11-23/h5-6,12-14H,3-4,7-11H2,1-2H3,(H,21,25)(H,22,24). The minimum atomic E-state index is -1.26. The number of amides is 1. The average Bonchev–Trinajstić information content (AvgIpc) is 2.67. The van der Waals surface area contributed by atoms with E-state index in [1.807, 2.05) is 4.31 Å². The average molecular weight is 390 g/mol. The Kier molecular flexibility index (Phi) is 6.57. The third-order valence-corrected chi connectivity index (χ3v) is 6.55. The van der Waals surface area contributed by atoms with E-state index in [1.54, 1.807) is 18.2 Å². The van der Waals surface area contributed by atoms with Gasteiger partial charge in [-0.05, 0) is 37.3 Å². The summed E-state index contributed by atoms with van der Waals surface area (Å²) >= 11 is -1.26. The number of hydrogen-bond donors (Lipinski definition) is 2. The van der Waals surface area contributed by atoms with Gasteiger partial charge in [-0.2, -0.15) is 0 Å². The van der Waals surface area contributed by atoms with Crippen molar-refractivity contribution in [1.82, 2.24) is 14.6 Å². The number of pyridine rings is 1. The Balaban J connectivity index is 1.91. The summed E-state index contributed by atoms with van der Waals surface area (Å²) in [5.74, 6) is 0.396. The topological polar surface area (TPSA) is 88.3 Å². The maximum absolute atomic E-state index is 13.0. The number of carbonyl (C=O) groups is 1. The van der Waals surface area contributed by atoms with E-state index in [-0.39, 0.29) is 11.5 Å². The first-order chi connectivity index (χ1) is 13.0. The monoisotopic (exact) mass is 389 g/mol. The number of nitrogens with one attached hydrogen (secondary N) is 2. The molecule has 1 fully saturated rings. The second-order valence-electron chi connectivity index (χ2n) is 7.22. The van der Waals surface area contributed by atoms with Crippen LogP contribution in [0.5, 0.6) is 0 Å². The third kappa shape index (κ3) is 4.72. The Bertz CT molecular complexity index is 859. The predicted octanol–water partition coefficient (Wildman–Crippen LogP) is 2.81. The quantitative estimate of drug-likeness (QED) is 0.587. The van der Waals surface area contributed by atoms with E-state index in [1.165, 1.54) is 6.07 Å². The zero-order valence-electron chi connectivity index (χ0n) is 15.9. The molecule has 2 N–H and O–H groups in total. The van der Waals surface area contributed by atoms with E-state index in [9.17, 15) is 14.1 Å². The van der Waals surface area contributed by atoms with Crippen LogP contribution in [0.15, 0.2) is 34.0 Å². The van der Waals surface area contributed by atoms with Crippen LogP contribution in [0.1, 0.15) is 49.9 Å². The summed E-state index contributed by atoms with van der Waals surface area (Å²) in [5, 5.41) is 3.48. The lowest BCUT2D eigenvalue weighted by atomic mass is 10.0. The van der Waals surface area contributed by atoms with Crippen molar-refractivity contribution in [1.29, 1.82) is 0 Å². The molecule has 1 aliphatic rings. The molecule has 1 aromatic carbocycles. The van der Waals surface area contributed by atoms with Crippen molar-refractivity contribution in [2.75, 3.05) is 19.6 Å². The maximum atomic E-state index is 13.0. The number of rotatable bonds is 6. The van der Waals surface area contributed by atoms with Crippen molar-refractivity contribution in [3.63, 3.8) is 0 Å². The molecule has 0 spiro atoms. The van der Waals surface area contributed by atoms with E-state index in [0.29, 0.717) is 33.8 Å². The molecule has 0 radical (unpaired) electrons. The molecule has 1 saturated heterocycles. The molecule has 1 aliphatic heterocycles. The van der Waals surface area contributed by atoms with Crippen molar-refractivity contribution in [3.8, 4) is 0 Å². The van der Waals surface area contributed by atoms with Gasteiger partial charge in [-0.25, -0.2) is 0 Å². The maximum Gasteiger partial charge on any atom is 0.252 e. The van der Waals surface area contributed by atoms with Gasteiger partial charge in [-0.15, -0.1) is 4.31 Å². The Morgan fingerprint density at radius 3 is 2.78 bits per heavy atom. The number of fused-ring (bicyclic) bond motifs is 1. The van der Waals surface area contributed by atoms with E-state index in [4.69, 9.17) is 0 Å². The number of unbranched alkanes of at least 4 members (excludes halogenated alkanes) is 1. The molecule has 1 amide bonds. The van der Waals surface area contributed by atoms with Gasteiger partial charge in [0.1, 0.15) is 0 Å². The number of aromatic amines is 1. The first-order valence-electron chi connectivity index (χ1n) is 9.61. The first-order valence-corrected chi connectivity index (χ1v) is 10.7. The van der Waals surface area contributed by atoms with E-state index in [2.05, 4.69) is 24.1 Å². The predicted molar refractivity (Wildman–Crippen MR) is 108 cm³/mol. The Labute approximate surface area is 162 Å². The van der Waals surface area contributed by atoms with Gasteiger partial charge in [-0.1, -0.05) is 20.3 Å². The highest BCUT2D eigenvalue weighted by molar-refractivity contribution is 7.89. The summed E-state index contributed by atoms with van der Waals surface area (Å²) in [7, 11) is 0. The summed E-state index contributed by atoms with van der Waals surface area (Å²) in [6.45, 7) is 6.46. The lowest BCUT2D eigenvalue weighted by molar-refractivity contribution is 0.0954. The molecule has 146 valence electrons. The molecular weight excluding hydrogens is 362 g/mol. The van der Waals surface area contributed by atoms with Crippen molar-refractivity contribution >= 4 is 28.2 Å². The SMILES string of the molecule is CCCCNC(=O)c1cc(=O)[nH]c2ccc([S+]([O-])N3CCC(C)CC3)cc12. The molecule has 1 aromatic heterocycles. The minimum Gasteiger partial charge on any atom is -0.593 e. The van der Waals surface area contributed by atoms with E-state index < -0.39 is 11.4 Å². The van der Waals surface area contributed by atoms with E-state index >= 15 is 0 Å². The number of benzene rings is 1. The molecule has 27 heavy (non-hydrogen) atoms. The van der Waals surface area contributed by atoms with Crippen molar-refractivity contribution in [3.05, 3.63) is 40.2 Å². The fourth-order valence-corrected chi connectivity index (χ4v) is 4.55. The Morgan fingerprint density at radius 1 is 1.33 bits per heavy atom. The summed E-state index contributed by atoms with van der Waals surface area (Å²) in [6, 6.07) is 6.59. The Morgan fingerprint density at radius 2 is 2.07 bits per heavy atom. The lowest BCUT2D eigenvalue weighted by Crippen LogP contribution is -2.37. The third-order valence-electron chi connectivity index (χ3n) is 5.05. The number of carbonyl (C=O) groups excluding carboxylic acids is 1. The molecular formula is C20H27N3O3S. The van der Waals surface area contributed by atoms with Crippen LogP contribution in [0.4, 0.5) is 0 Å². The highest BCUT2D eigenvalue weighted by atomic mass is 32.2. The molecule has 2 aromatic rings. The zero-order chi connectivity index (χ0) is 19.4. The van der Waals surface area contributed by atoms with Crippen molar-refractivity contribution < 1.29 is 9.35 Å². The molecule has 0 bridgehead atoms. The lowest BCUT2D eigenvalue weighted by Gasteiger charge is -2.30. The van der Waals surface area contributed by atoms with Crippen LogP contribution >= 0.6 is 0 Å². The minimum absolute atomic E-state index is 0.269. The molecule has 1 atom stereocenters. The number of hydrogen-bond acceptors (Lipinski definition) is 4. The molecule has 7 heteroatoms. The van der Waals surface area contributed by atoms with Crippen LogP contribution in [0.2, 0.25) is 0 Å². The number of H-pyrrole nitrogens is 1. The smallest absolute Gasteiger partial charge is 0.252 e. The highest BCUT2D eigenvalue weighted by Gasteiger charge is 2.27. The van der Waals surface area contributed by atoms with Gasteiger partial charge in [0.25, 0.3) is 5.91 Å². The van der Waals surface area contributed by atoms with Gasteiger partial charge in [-0.3, -0.25) is 9.59 Å². The fraction of sp³-hybridized carbons (Fsp3) is 0.500. The highest BCUT2D eigenvalue weighted by Crippen LogP contribution is 2.26. The van der Waals surface area contributed by atoms with Gasteiger partial charge < -0.3 is 14.9 Å². The second kappa shape index (κ2) is 8.91. The van der Waals surface area contributed by atoms with Gasteiger partial charge in [0, 0.05) is 42.7 Å². The van der Waals surface area contributed by atoms with Crippen LogP contribution in [-0.4, -0.2) is 39.4 Å². The van der Waals surface area contributed by atoms with Gasteiger partial charge in [0.15, 0.2) is 4.90 Å². The molecule has 3 rings (SSSR count). The first kappa shape index (κ1) is 19.9. The van der Waals surface area contributed by atoms with Crippen LogP contribution in [0.3, 0.4) is 0 Å². The van der Waals surface area contributed by atoms with Crippen LogP contribution in [0.25, 0.3) is 10.9 Å². The molecule has 0 saturated carbocycles. The summed E-state index contributed by atoms with van der Waals surface area (Å²) in [4.78, 5) is 27.9. The summed E-state index contributed by atoms with van der Waals surface area (Å²) in [5.41, 5.74) is 0.592. The number of nitrogens with zero attached hydrogens (tertiary/aromatic N) is 1. The normalized spacial score (nSPS) is 17.1. The molecule has 2 heterocycles. The van der Waals surface area contributed by atoms with Crippen LogP contribution < -0.4 is 10.9 Å². The van der Waals surface area contributed by atoms with E-state index in [0.717, 1.165) is 38.8 Å². The molecule has 1 unspecified atom stereocenters. The zero-order valence-corrected chi connectivity index (χ0v) is 16.7. The van der Waals surface area contributed by atoms with Gasteiger partial charge in [0.05, 0.1) is 16.9 Å². The summed E-state index contributed by atoms with van der Waals surface area (Å²) < 4.78 is 15.0. The largest absolute Gasteiger partial charge is 0.593 e. The van der Waals surface area contributed by atoms with Crippen LogP contribution in [0, 0.1) is 5.92 Å². The molecule has 6 nitrogen and oxygen atoms in total. The Hall–Kier alpha value is -1.83. The van der Waals surface area contributed by atoms with Crippen molar-refractivity contribution in [2.24, 2.45) is 5.92 Å². The number of aromatic nitrogens is 1. The fourth-order valence-electron chi connectivity index (χ4n) is 3.30. The number of piperidine rings is 1. The summed E-state index contributed by atoms with van der Waals surface area (Å²) in [6.07, 6.45) is 3.94. The van der Waals surface area contributed by atoms with Crippen molar-refractivity contribution in [2.45, 2.75) is 44.4 Å². The van der Waals surface area contributed by atoms with Gasteiger partial charge in [0.2, 0.25) is 5.56 Å². The van der Waals surface area contributed by atoms with Gasteiger partial charge >= 0.3 is 0 Å². The molecule has 0 aliphatic carbocycles. The second-order valence-corrected chi connectivity index (χ2v) is 8.71. The van der Waals surface area contributed by atoms with Crippen LogP contribution in [-0.2, 0) is 11.4 Å².